The number of oxazole rings is 1. The van der Waals surface area contributed by atoms with Crippen LogP contribution in [0.5, 0.6) is 0 Å². The molecule has 1 aromatic rings. The summed E-state index contributed by atoms with van der Waals surface area (Å²) in [5.74, 6) is -0.472. The van der Waals surface area contributed by atoms with E-state index in [1.807, 2.05) is 0 Å². The van der Waals surface area contributed by atoms with Crippen molar-refractivity contribution in [1.82, 2.24) is 4.98 Å². The minimum atomic E-state index is -0.472. The van der Waals surface area contributed by atoms with Gasteiger partial charge in [-0.15, -0.1) is 0 Å². The molecule has 0 fully saturated rings. The summed E-state index contributed by atoms with van der Waals surface area (Å²) < 4.78 is 15.2. The van der Waals surface area contributed by atoms with Crippen molar-refractivity contribution in [3.63, 3.8) is 0 Å². The highest BCUT2D eigenvalue weighted by atomic mass is 16.5. The maximum Gasteiger partial charge on any atom is 0.360 e. The minimum Gasteiger partial charge on any atom is -0.461 e. The predicted molar refractivity (Wildman–Crippen MR) is 66.7 cm³/mol. The number of anilines is 1. The fourth-order valence-electron chi connectivity index (χ4n) is 1.27. The lowest BCUT2D eigenvalue weighted by atomic mass is 10.4. The van der Waals surface area contributed by atoms with Crippen LogP contribution in [0.15, 0.2) is 10.7 Å². The molecule has 6 heteroatoms. The number of nitrogens with zero attached hydrogens (tertiary/aromatic N) is 1. The summed E-state index contributed by atoms with van der Waals surface area (Å²) in [6, 6.07) is 0.327. The van der Waals surface area contributed by atoms with Gasteiger partial charge in [0.25, 0.3) is 6.01 Å². The molecule has 0 unspecified atom stereocenters. The van der Waals surface area contributed by atoms with E-state index in [9.17, 15) is 4.79 Å². The quantitative estimate of drug-likeness (QED) is 0.538. The van der Waals surface area contributed by atoms with Crippen LogP contribution in [0, 0.1) is 0 Å². The maximum atomic E-state index is 11.3. The van der Waals surface area contributed by atoms with E-state index >= 15 is 0 Å². The number of rotatable bonds is 9. The van der Waals surface area contributed by atoms with E-state index in [4.69, 9.17) is 13.9 Å². The Morgan fingerprint density at radius 1 is 1.44 bits per heavy atom. The number of hydrogen-bond donors (Lipinski definition) is 1. The average Bonchev–Trinajstić information content (AvgIpc) is 2.83. The molecule has 0 radical (unpaired) electrons. The standard InChI is InChI=1S/C12H20N2O4/c1-3-7-16-8-5-6-13-12-14-10(9-18-12)11(15)17-4-2/h9H,3-8H2,1-2H3,(H,13,14). The molecule has 0 aliphatic heterocycles. The fraction of sp³-hybridized carbons (Fsp3) is 0.667. The Morgan fingerprint density at radius 2 is 2.28 bits per heavy atom. The van der Waals surface area contributed by atoms with Crippen molar-refractivity contribution in [2.24, 2.45) is 0 Å². The zero-order valence-electron chi connectivity index (χ0n) is 10.9. The van der Waals surface area contributed by atoms with Gasteiger partial charge in [-0.1, -0.05) is 6.92 Å². The van der Waals surface area contributed by atoms with Crippen LogP contribution >= 0.6 is 0 Å². The van der Waals surface area contributed by atoms with Crippen molar-refractivity contribution in [3.8, 4) is 0 Å². The van der Waals surface area contributed by atoms with Gasteiger partial charge in [0.2, 0.25) is 0 Å². The first-order chi connectivity index (χ1) is 8.77. The summed E-state index contributed by atoms with van der Waals surface area (Å²) in [7, 11) is 0. The number of carbonyl (C=O) groups excluding carboxylic acids is 1. The monoisotopic (exact) mass is 256 g/mol. The van der Waals surface area contributed by atoms with E-state index in [0.717, 1.165) is 19.4 Å². The van der Waals surface area contributed by atoms with E-state index in [-0.39, 0.29) is 5.69 Å². The molecule has 6 nitrogen and oxygen atoms in total. The third-order valence-electron chi connectivity index (χ3n) is 2.08. The van der Waals surface area contributed by atoms with E-state index in [1.54, 1.807) is 6.92 Å². The Balaban J connectivity index is 2.21. The number of ether oxygens (including phenoxy) is 2. The van der Waals surface area contributed by atoms with Gasteiger partial charge in [-0.2, -0.15) is 4.98 Å². The minimum absolute atomic E-state index is 0.182. The Hall–Kier alpha value is -1.56. The number of hydrogen-bond acceptors (Lipinski definition) is 6. The Kier molecular flexibility index (Phi) is 6.86. The third-order valence-corrected chi connectivity index (χ3v) is 2.08. The van der Waals surface area contributed by atoms with Gasteiger partial charge in [0.05, 0.1) is 6.61 Å². The van der Waals surface area contributed by atoms with E-state index in [1.165, 1.54) is 6.26 Å². The molecule has 0 saturated heterocycles. The molecule has 0 saturated carbocycles. The lowest BCUT2D eigenvalue weighted by molar-refractivity contribution is 0.0519. The Morgan fingerprint density at radius 3 is 3.00 bits per heavy atom. The number of nitrogens with one attached hydrogen (secondary N) is 1. The highest BCUT2D eigenvalue weighted by Crippen LogP contribution is 2.08. The van der Waals surface area contributed by atoms with Gasteiger partial charge in [0.1, 0.15) is 6.26 Å². The molecular weight excluding hydrogens is 236 g/mol. The van der Waals surface area contributed by atoms with Crippen molar-refractivity contribution in [1.29, 1.82) is 0 Å². The van der Waals surface area contributed by atoms with E-state index in [2.05, 4.69) is 17.2 Å². The van der Waals surface area contributed by atoms with E-state index < -0.39 is 5.97 Å². The summed E-state index contributed by atoms with van der Waals surface area (Å²) in [6.45, 7) is 6.31. The molecule has 1 aromatic heterocycles. The molecule has 0 atom stereocenters. The van der Waals surface area contributed by atoms with Crippen LogP contribution in [0.4, 0.5) is 6.01 Å². The summed E-state index contributed by atoms with van der Waals surface area (Å²) in [4.78, 5) is 15.3. The van der Waals surface area contributed by atoms with Crippen LogP contribution in [-0.4, -0.2) is 37.3 Å². The van der Waals surface area contributed by atoms with Gasteiger partial charge in [-0.3, -0.25) is 0 Å². The number of carbonyl (C=O) groups is 1. The molecule has 1 rings (SSSR count). The molecule has 1 heterocycles. The van der Waals surface area contributed by atoms with Gasteiger partial charge < -0.3 is 19.2 Å². The van der Waals surface area contributed by atoms with Crippen LogP contribution in [0.3, 0.4) is 0 Å². The van der Waals surface area contributed by atoms with Gasteiger partial charge >= 0.3 is 5.97 Å². The average molecular weight is 256 g/mol. The molecule has 0 aromatic carbocycles. The smallest absolute Gasteiger partial charge is 0.360 e. The molecule has 0 aliphatic carbocycles. The lowest BCUT2D eigenvalue weighted by Gasteiger charge is -2.02. The second kappa shape index (κ2) is 8.52. The number of aromatic nitrogens is 1. The molecular formula is C12H20N2O4. The lowest BCUT2D eigenvalue weighted by Crippen LogP contribution is -2.08. The molecule has 0 amide bonds. The van der Waals surface area contributed by atoms with Crippen molar-refractivity contribution < 1.29 is 18.7 Å². The van der Waals surface area contributed by atoms with Crippen molar-refractivity contribution in [2.45, 2.75) is 26.7 Å². The van der Waals surface area contributed by atoms with Gasteiger partial charge in [0, 0.05) is 19.8 Å². The van der Waals surface area contributed by atoms with Crippen molar-refractivity contribution in [2.75, 3.05) is 31.7 Å². The van der Waals surface area contributed by atoms with Gasteiger partial charge in [0.15, 0.2) is 5.69 Å². The SMILES string of the molecule is CCCOCCCNc1nc(C(=O)OCC)co1. The fourth-order valence-corrected chi connectivity index (χ4v) is 1.27. The first-order valence-electron chi connectivity index (χ1n) is 6.22. The van der Waals surface area contributed by atoms with Crippen LogP contribution in [0.1, 0.15) is 37.2 Å². The van der Waals surface area contributed by atoms with E-state index in [0.29, 0.717) is 25.8 Å². The number of esters is 1. The van der Waals surface area contributed by atoms with Crippen LogP contribution in [0.25, 0.3) is 0 Å². The van der Waals surface area contributed by atoms with Crippen molar-refractivity contribution in [3.05, 3.63) is 12.0 Å². The Labute approximate surface area is 107 Å². The topological polar surface area (TPSA) is 73.6 Å². The molecule has 0 bridgehead atoms. The van der Waals surface area contributed by atoms with Crippen LogP contribution in [0.2, 0.25) is 0 Å². The first-order valence-corrected chi connectivity index (χ1v) is 6.22. The molecule has 1 N–H and O–H groups in total. The summed E-state index contributed by atoms with van der Waals surface area (Å²) in [5, 5.41) is 2.97. The zero-order valence-corrected chi connectivity index (χ0v) is 10.9. The van der Waals surface area contributed by atoms with Crippen LogP contribution < -0.4 is 5.32 Å². The van der Waals surface area contributed by atoms with Gasteiger partial charge in [-0.25, -0.2) is 4.79 Å². The zero-order chi connectivity index (χ0) is 13.2. The largest absolute Gasteiger partial charge is 0.461 e. The highest BCUT2D eigenvalue weighted by Gasteiger charge is 2.12. The summed E-state index contributed by atoms with van der Waals surface area (Å²) >= 11 is 0. The second-order valence-electron chi connectivity index (χ2n) is 3.65. The normalized spacial score (nSPS) is 10.3. The first kappa shape index (κ1) is 14.5. The highest BCUT2D eigenvalue weighted by molar-refractivity contribution is 5.87. The summed E-state index contributed by atoms with van der Waals surface area (Å²) in [5.41, 5.74) is 0.182. The second-order valence-corrected chi connectivity index (χ2v) is 3.65. The third kappa shape index (κ3) is 5.18. The Bertz CT molecular complexity index is 352. The molecule has 0 spiro atoms. The predicted octanol–water partition coefficient (Wildman–Crippen LogP) is 2.08. The molecule has 0 aliphatic rings. The maximum absolute atomic E-state index is 11.3. The van der Waals surface area contributed by atoms with Crippen molar-refractivity contribution >= 4 is 12.0 Å². The van der Waals surface area contributed by atoms with Crippen LogP contribution in [-0.2, 0) is 9.47 Å². The summed E-state index contributed by atoms with van der Waals surface area (Å²) in [6.07, 6.45) is 3.17. The molecule has 18 heavy (non-hydrogen) atoms. The van der Waals surface area contributed by atoms with Gasteiger partial charge in [-0.05, 0) is 19.8 Å². The molecule has 102 valence electrons.